The highest BCUT2D eigenvalue weighted by Gasteiger charge is 2.28. The third-order valence-corrected chi connectivity index (χ3v) is 5.01. The van der Waals surface area contributed by atoms with Crippen molar-refractivity contribution in [1.29, 1.82) is 0 Å². The summed E-state index contributed by atoms with van der Waals surface area (Å²) in [6.07, 6.45) is 1.25. The fourth-order valence-corrected chi connectivity index (χ4v) is 3.38. The fourth-order valence-electron chi connectivity index (χ4n) is 3.20. The average molecular weight is 380 g/mol. The molecule has 2 aromatic rings. The summed E-state index contributed by atoms with van der Waals surface area (Å²) in [5.74, 6) is 0.245. The topological polar surface area (TPSA) is 82.4 Å². The molecule has 1 aliphatic carbocycles. The second-order valence-electron chi connectivity index (χ2n) is 6.69. The highest BCUT2D eigenvalue weighted by Crippen LogP contribution is 2.25. The lowest BCUT2D eigenvalue weighted by Gasteiger charge is -2.31. The lowest BCUT2D eigenvalue weighted by atomic mass is 9.89. The SMILES string of the molecule is O=C(Nc1ccc(F)c(Cl)c1)N1CCn2nc(NC3CC(O)C3)cc2C1. The number of urea groups is 1. The standard InChI is InChI=1S/C17H19ClFN5O2/c18-14-7-10(1-2-15(14)19)21-17(26)23-3-4-24-12(9-23)8-16(22-24)20-11-5-13(25)6-11/h1-2,7-8,11,13,25H,3-6,9H2,(H,20,22)(H,21,26). The Hall–Kier alpha value is -2.32. The number of aromatic nitrogens is 2. The summed E-state index contributed by atoms with van der Waals surface area (Å²) in [6.45, 7) is 1.56. The van der Waals surface area contributed by atoms with Crippen LogP contribution in [-0.4, -0.2) is 44.5 Å². The maximum Gasteiger partial charge on any atom is 0.322 e. The van der Waals surface area contributed by atoms with Crippen LogP contribution in [0.2, 0.25) is 5.02 Å². The minimum Gasteiger partial charge on any atom is -0.393 e. The number of rotatable bonds is 3. The third-order valence-electron chi connectivity index (χ3n) is 4.72. The van der Waals surface area contributed by atoms with Crippen molar-refractivity contribution in [3.8, 4) is 0 Å². The quantitative estimate of drug-likeness (QED) is 0.765. The van der Waals surface area contributed by atoms with Gasteiger partial charge in [0, 0.05) is 24.3 Å². The minimum atomic E-state index is -0.523. The van der Waals surface area contributed by atoms with Crippen LogP contribution >= 0.6 is 11.6 Å². The Labute approximate surface area is 154 Å². The Balaban J connectivity index is 1.38. The Morgan fingerprint density at radius 1 is 1.31 bits per heavy atom. The molecule has 0 saturated heterocycles. The molecule has 138 valence electrons. The van der Waals surface area contributed by atoms with Gasteiger partial charge in [-0.3, -0.25) is 4.68 Å². The van der Waals surface area contributed by atoms with E-state index in [1.54, 1.807) is 4.90 Å². The van der Waals surface area contributed by atoms with Gasteiger partial charge in [-0.25, -0.2) is 9.18 Å². The van der Waals surface area contributed by atoms with Crippen molar-refractivity contribution in [3.05, 3.63) is 40.8 Å². The summed E-state index contributed by atoms with van der Waals surface area (Å²) >= 11 is 5.75. The van der Waals surface area contributed by atoms with Crippen LogP contribution in [0.5, 0.6) is 0 Å². The number of aliphatic hydroxyl groups excluding tert-OH is 1. The Kier molecular flexibility index (Phi) is 4.46. The van der Waals surface area contributed by atoms with E-state index in [4.69, 9.17) is 11.6 Å². The largest absolute Gasteiger partial charge is 0.393 e. The summed E-state index contributed by atoms with van der Waals surface area (Å²) in [5.41, 5.74) is 1.39. The van der Waals surface area contributed by atoms with Gasteiger partial charge in [-0.05, 0) is 31.0 Å². The third kappa shape index (κ3) is 3.47. The van der Waals surface area contributed by atoms with Crippen molar-refractivity contribution >= 4 is 29.1 Å². The van der Waals surface area contributed by atoms with Crippen LogP contribution in [-0.2, 0) is 13.1 Å². The molecule has 3 N–H and O–H groups in total. The highest BCUT2D eigenvalue weighted by atomic mass is 35.5. The molecular weight excluding hydrogens is 361 g/mol. The summed E-state index contributed by atoms with van der Waals surface area (Å²) in [7, 11) is 0. The summed E-state index contributed by atoms with van der Waals surface area (Å²) in [4.78, 5) is 14.1. The molecule has 0 atom stereocenters. The number of nitrogens with one attached hydrogen (secondary N) is 2. The molecule has 1 aromatic carbocycles. The molecule has 1 aliphatic heterocycles. The summed E-state index contributed by atoms with van der Waals surface area (Å²) in [5, 5.41) is 19.9. The first kappa shape index (κ1) is 17.1. The number of amides is 2. The van der Waals surface area contributed by atoms with Crippen LogP contribution in [0.25, 0.3) is 0 Å². The Morgan fingerprint density at radius 3 is 2.85 bits per heavy atom. The van der Waals surface area contributed by atoms with E-state index in [9.17, 15) is 14.3 Å². The van der Waals surface area contributed by atoms with Gasteiger partial charge >= 0.3 is 6.03 Å². The zero-order valence-corrected chi connectivity index (χ0v) is 14.7. The number of anilines is 2. The van der Waals surface area contributed by atoms with E-state index in [0.29, 0.717) is 25.3 Å². The molecule has 26 heavy (non-hydrogen) atoms. The molecule has 0 unspecified atom stereocenters. The second-order valence-corrected chi connectivity index (χ2v) is 7.10. The number of nitrogens with zero attached hydrogens (tertiary/aromatic N) is 3. The van der Waals surface area contributed by atoms with Crippen LogP contribution < -0.4 is 10.6 Å². The van der Waals surface area contributed by atoms with Gasteiger partial charge in [-0.1, -0.05) is 11.6 Å². The smallest absolute Gasteiger partial charge is 0.322 e. The first-order valence-corrected chi connectivity index (χ1v) is 8.88. The molecule has 0 bridgehead atoms. The predicted molar refractivity (Wildman–Crippen MR) is 95.7 cm³/mol. The number of halogens is 2. The number of hydrogen-bond donors (Lipinski definition) is 3. The van der Waals surface area contributed by atoms with Gasteiger partial charge < -0.3 is 20.6 Å². The van der Waals surface area contributed by atoms with Crippen molar-refractivity contribution in [3.63, 3.8) is 0 Å². The lowest BCUT2D eigenvalue weighted by molar-refractivity contribution is 0.0835. The summed E-state index contributed by atoms with van der Waals surface area (Å²) in [6, 6.07) is 6.00. The van der Waals surface area contributed by atoms with Gasteiger partial charge in [0.25, 0.3) is 0 Å². The van der Waals surface area contributed by atoms with Crippen LogP contribution in [0, 0.1) is 5.82 Å². The Morgan fingerprint density at radius 2 is 2.12 bits per heavy atom. The van der Waals surface area contributed by atoms with Crippen LogP contribution in [0.1, 0.15) is 18.5 Å². The first-order chi connectivity index (χ1) is 12.5. The monoisotopic (exact) mass is 379 g/mol. The van der Waals surface area contributed by atoms with Crippen molar-refractivity contribution in [1.82, 2.24) is 14.7 Å². The molecule has 1 saturated carbocycles. The molecule has 0 radical (unpaired) electrons. The molecular formula is C17H19ClFN5O2. The van der Waals surface area contributed by atoms with Gasteiger partial charge in [0.2, 0.25) is 0 Å². The normalized spacial score (nSPS) is 21.7. The van der Waals surface area contributed by atoms with E-state index in [-0.39, 0.29) is 23.2 Å². The predicted octanol–water partition coefficient (Wildman–Crippen LogP) is 2.66. The average Bonchev–Trinajstić information content (AvgIpc) is 2.98. The second kappa shape index (κ2) is 6.77. The molecule has 1 aromatic heterocycles. The molecule has 4 rings (SSSR count). The van der Waals surface area contributed by atoms with E-state index in [0.717, 1.165) is 24.4 Å². The van der Waals surface area contributed by atoms with Gasteiger partial charge in [0.05, 0.1) is 29.9 Å². The molecule has 2 aliphatic rings. The minimum absolute atomic E-state index is 0.0312. The van der Waals surface area contributed by atoms with Crippen LogP contribution in [0.4, 0.5) is 20.7 Å². The number of hydrogen-bond acceptors (Lipinski definition) is 4. The number of aliphatic hydroxyl groups is 1. The van der Waals surface area contributed by atoms with Gasteiger partial charge in [-0.15, -0.1) is 0 Å². The highest BCUT2D eigenvalue weighted by molar-refractivity contribution is 6.31. The number of carbonyl (C=O) groups is 1. The van der Waals surface area contributed by atoms with E-state index >= 15 is 0 Å². The van der Waals surface area contributed by atoms with E-state index in [2.05, 4.69) is 15.7 Å². The number of carbonyl (C=O) groups excluding carboxylic acids is 1. The molecule has 2 amide bonds. The molecule has 0 spiro atoms. The maximum atomic E-state index is 13.2. The molecule has 1 fully saturated rings. The van der Waals surface area contributed by atoms with E-state index in [1.165, 1.54) is 18.2 Å². The zero-order chi connectivity index (χ0) is 18.3. The fraction of sp³-hybridized carbons (Fsp3) is 0.412. The van der Waals surface area contributed by atoms with E-state index in [1.807, 2.05) is 10.7 Å². The lowest BCUT2D eigenvalue weighted by Crippen LogP contribution is -2.40. The van der Waals surface area contributed by atoms with Gasteiger partial charge in [0.1, 0.15) is 11.6 Å². The zero-order valence-electron chi connectivity index (χ0n) is 14.0. The number of fused-ring (bicyclic) bond motifs is 1. The molecule has 7 nitrogen and oxygen atoms in total. The van der Waals surface area contributed by atoms with Crippen molar-refractivity contribution in [2.75, 3.05) is 17.2 Å². The van der Waals surface area contributed by atoms with Gasteiger partial charge in [0.15, 0.2) is 0 Å². The molecule has 2 heterocycles. The van der Waals surface area contributed by atoms with E-state index < -0.39 is 5.82 Å². The molecule has 9 heteroatoms. The van der Waals surface area contributed by atoms with Crippen LogP contribution in [0.3, 0.4) is 0 Å². The van der Waals surface area contributed by atoms with Crippen LogP contribution in [0.15, 0.2) is 24.3 Å². The summed E-state index contributed by atoms with van der Waals surface area (Å²) < 4.78 is 15.1. The Bertz CT molecular complexity index is 837. The first-order valence-electron chi connectivity index (χ1n) is 8.50. The van der Waals surface area contributed by atoms with Crippen molar-refractivity contribution in [2.24, 2.45) is 0 Å². The van der Waals surface area contributed by atoms with Crippen molar-refractivity contribution in [2.45, 2.75) is 38.1 Å². The number of benzene rings is 1. The van der Waals surface area contributed by atoms with Gasteiger partial charge in [-0.2, -0.15) is 5.10 Å². The maximum absolute atomic E-state index is 13.2. The van der Waals surface area contributed by atoms with Crippen molar-refractivity contribution < 1.29 is 14.3 Å².